The van der Waals surface area contributed by atoms with E-state index in [4.69, 9.17) is 0 Å². The topological polar surface area (TPSA) is 122 Å². The van der Waals surface area contributed by atoms with Crippen molar-refractivity contribution >= 4 is 27.2 Å². The van der Waals surface area contributed by atoms with Crippen molar-refractivity contribution < 1.29 is 27.1 Å². The molecule has 1 saturated heterocycles. The largest absolute Gasteiger partial charge is 0.508 e. The average Bonchev–Trinajstić information content (AvgIpc) is 3.54. The molecule has 3 N–H and O–H groups in total. The van der Waals surface area contributed by atoms with Gasteiger partial charge in [0.25, 0.3) is 0 Å². The Bertz CT molecular complexity index is 1880. The molecule has 0 spiro atoms. The molecule has 2 aliphatic heterocycles. The molecule has 4 aromatic rings. The molecule has 0 unspecified atom stereocenters. The summed E-state index contributed by atoms with van der Waals surface area (Å²) in [6.07, 6.45) is -0.0833. The summed E-state index contributed by atoms with van der Waals surface area (Å²) in [6, 6.07) is 14.9. The van der Waals surface area contributed by atoms with Gasteiger partial charge in [0.2, 0.25) is 10.0 Å². The number of rotatable bonds is 9. The lowest BCUT2D eigenvalue weighted by atomic mass is 9.98. The molecule has 10 nitrogen and oxygen atoms in total. The first-order valence-corrected chi connectivity index (χ1v) is 16.5. The lowest BCUT2D eigenvalue weighted by molar-refractivity contribution is 0.0992. The Balaban J connectivity index is 1.28. The molecule has 0 saturated carbocycles. The quantitative estimate of drug-likeness (QED) is 0.225. The number of carbonyl (C=O) groups is 1. The lowest BCUT2D eigenvalue weighted by Crippen LogP contribution is -2.44. The lowest BCUT2D eigenvalue weighted by Gasteiger charge is -2.34. The van der Waals surface area contributed by atoms with Crippen LogP contribution in [0.4, 0.5) is 20.2 Å². The van der Waals surface area contributed by atoms with E-state index in [2.05, 4.69) is 32.4 Å². The van der Waals surface area contributed by atoms with Crippen LogP contribution in [0.25, 0.3) is 0 Å². The Morgan fingerprint density at radius 1 is 1.02 bits per heavy atom. The smallest absolute Gasteiger partial charge is 0.244 e. The number of ketones is 1. The van der Waals surface area contributed by atoms with Crippen LogP contribution in [0.5, 0.6) is 5.75 Å². The van der Waals surface area contributed by atoms with Crippen LogP contribution < -0.4 is 10.2 Å². The number of nitrogens with one attached hydrogen (secondary N) is 2. The maximum absolute atomic E-state index is 14.0. The highest BCUT2D eigenvalue weighted by molar-refractivity contribution is 7.89. The minimum absolute atomic E-state index is 0.0833. The van der Waals surface area contributed by atoms with Crippen LogP contribution in [0.15, 0.2) is 65.6 Å². The molecule has 3 heterocycles. The van der Waals surface area contributed by atoms with Crippen LogP contribution >= 0.6 is 0 Å². The number of aromatic nitrogens is 2. The number of carbonyl (C=O) groups excluding carboxylic acids is 1. The van der Waals surface area contributed by atoms with Crippen LogP contribution in [0.2, 0.25) is 0 Å². The third-order valence-corrected chi connectivity index (χ3v) is 10.8. The molecule has 1 aromatic heterocycles. The van der Waals surface area contributed by atoms with Crippen molar-refractivity contribution in [2.24, 2.45) is 0 Å². The number of benzene rings is 3. The van der Waals surface area contributed by atoms with E-state index < -0.39 is 32.1 Å². The molecule has 0 atom stereocenters. The van der Waals surface area contributed by atoms with Gasteiger partial charge in [-0.1, -0.05) is 18.2 Å². The van der Waals surface area contributed by atoms with E-state index in [1.807, 2.05) is 24.3 Å². The fourth-order valence-corrected chi connectivity index (χ4v) is 7.93. The third-order valence-electron chi connectivity index (χ3n) is 8.85. The van der Waals surface area contributed by atoms with Gasteiger partial charge in [0, 0.05) is 79.1 Å². The predicted octanol–water partition coefficient (Wildman–Crippen LogP) is 4.62. The van der Waals surface area contributed by atoms with E-state index in [9.17, 15) is 27.1 Å². The molecule has 0 aliphatic carbocycles. The molecule has 46 heavy (non-hydrogen) atoms. The number of anilines is 2. The van der Waals surface area contributed by atoms with Gasteiger partial charge in [0.05, 0.1) is 22.5 Å². The second-order valence-electron chi connectivity index (χ2n) is 12.3. The predicted molar refractivity (Wildman–Crippen MR) is 170 cm³/mol. The van der Waals surface area contributed by atoms with Crippen molar-refractivity contribution in [3.05, 3.63) is 100 Å². The molecule has 2 aliphatic rings. The number of aromatic amines is 1. The first-order chi connectivity index (χ1) is 21.8. The van der Waals surface area contributed by atoms with Crippen LogP contribution in [0.3, 0.4) is 0 Å². The summed E-state index contributed by atoms with van der Waals surface area (Å²) in [4.78, 5) is 17.9. The number of piperazine rings is 1. The molecule has 3 aromatic carbocycles. The highest BCUT2D eigenvalue weighted by Crippen LogP contribution is 2.43. The first kappa shape index (κ1) is 31.6. The second-order valence-corrected chi connectivity index (χ2v) is 14.2. The number of Topliss-reactive ketones (excluding diaryl/α,β-unsaturated/α-hetero) is 1. The number of aromatic hydroxyl groups is 1. The van der Waals surface area contributed by atoms with Gasteiger partial charge in [-0.25, -0.2) is 17.2 Å². The van der Waals surface area contributed by atoms with Gasteiger partial charge in [0.15, 0.2) is 5.78 Å². The fourth-order valence-electron chi connectivity index (χ4n) is 6.16. The number of phenolic OH excluding ortho intramolecular Hbond substituents is 1. The van der Waals surface area contributed by atoms with Crippen molar-refractivity contribution in [2.75, 3.05) is 43.4 Å². The number of fused-ring (bicyclic) bond motifs is 1. The summed E-state index contributed by atoms with van der Waals surface area (Å²) in [6.45, 7) is 7.03. The van der Waals surface area contributed by atoms with Crippen molar-refractivity contribution in [3.8, 4) is 5.75 Å². The minimum Gasteiger partial charge on any atom is -0.508 e. The Kier molecular flexibility index (Phi) is 8.34. The van der Waals surface area contributed by atoms with Gasteiger partial charge in [-0.15, -0.1) is 0 Å². The molecule has 0 radical (unpaired) electrons. The number of nitrogens with zero attached hydrogens (tertiary/aromatic N) is 4. The Morgan fingerprint density at radius 2 is 1.72 bits per heavy atom. The third kappa shape index (κ3) is 5.97. The Hall–Kier alpha value is -4.33. The summed E-state index contributed by atoms with van der Waals surface area (Å²) in [5, 5.41) is 21.0. The summed E-state index contributed by atoms with van der Waals surface area (Å²) in [5.41, 5.74) is 3.01. The van der Waals surface area contributed by atoms with Crippen molar-refractivity contribution in [2.45, 2.75) is 43.8 Å². The average molecular weight is 651 g/mol. The maximum Gasteiger partial charge on any atom is 0.244 e. The maximum atomic E-state index is 14.0. The van der Waals surface area contributed by atoms with E-state index in [0.29, 0.717) is 46.4 Å². The van der Waals surface area contributed by atoms with E-state index in [1.54, 1.807) is 32.0 Å². The van der Waals surface area contributed by atoms with Gasteiger partial charge in [0.1, 0.15) is 17.4 Å². The van der Waals surface area contributed by atoms with E-state index in [0.717, 1.165) is 48.3 Å². The van der Waals surface area contributed by atoms with Crippen LogP contribution in [0.1, 0.15) is 46.7 Å². The zero-order valence-electron chi connectivity index (χ0n) is 25.8. The SMILES string of the molecule is CN1CCN(c2ccc(C(=O)Cc3[nH]nc4c3CN(S(=O)(=O)c3cc(F)cc(F)c3)C4(C)C)c(NCc3ccccc3O)c2)CC1. The fraction of sp³-hybridized carbons (Fsp3) is 0.333. The van der Waals surface area contributed by atoms with Gasteiger partial charge >= 0.3 is 0 Å². The zero-order valence-corrected chi connectivity index (χ0v) is 26.7. The first-order valence-electron chi connectivity index (χ1n) is 15.0. The minimum atomic E-state index is -4.31. The number of hydrogen-bond donors (Lipinski definition) is 3. The van der Waals surface area contributed by atoms with Crippen LogP contribution in [-0.2, 0) is 35.1 Å². The normalized spacial score (nSPS) is 16.8. The number of hydrogen-bond acceptors (Lipinski definition) is 8. The number of halogens is 2. The summed E-state index contributed by atoms with van der Waals surface area (Å²) >= 11 is 0. The standard InChI is InChI=1S/C33H36F2N6O4S/c1-33(2)32-27(20-41(33)46(44,45)25-15-22(34)14-23(35)16-25)29(37-38-32)18-31(43)26-9-8-24(40-12-10-39(3)11-13-40)17-28(26)36-19-21-6-4-5-7-30(21)42/h4-9,14-17,36,42H,10-13,18-20H2,1-3H3,(H,37,38). The number of para-hydroxylation sites is 1. The van der Waals surface area contributed by atoms with Gasteiger partial charge in [-0.2, -0.15) is 9.40 Å². The van der Waals surface area contributed by atoms with E-state index in [1.165, 1.54) is 0 Å². The second kappa shape index (κ2) is 12.1. The van der Waals surface area contributed by atoms with Crippen LogP contribution in [-0.4, -0.2) is 71.9 Å². The molecule has 0 amide bonds. The molecule has 242 valence electrons. The van der Waals surface area contributed by atoms with Gasteiger partial charge in [-0.3, -0.25) is 9.89 Å². The molecular formula is C33H36F2N6O4S. The molecular weight excluding hydrogens is 614 g/mol. The highest BCUT2D eigenvalue weighted by Gasteiger charge is 2.48. The van der Waals surface area contributed by atoms with E-state index in [-0.39, 0.29) is 24.5 Å². The number of phenols is 1. The molecule has 6 rings (SSSR count). The zero-order chi connectivity index (χ0) is 32.8. The molecule has 0 bridgehead atoms. The summed E-state index contributed by atoms with van der Waals surface area (Å²) in [7, 11) is -2.23. The van der Waals surface area contributed by atoms with Crippen molar-refractivity contribution in [3.63, 3.8) is 0 Å². The van der Waals surface area contributed by atoms with Gasteiger partial charge in [-0.05, 0) is 57.3 Å². The van der Waals surface area contributed by atoms with Crippen LogP contribution in [0, 0.1) is 11.6 Å². The number of likely N-dealkylation sites (N-methyl/N-ethyl adjacent to an activating group) is 1. The monoisotopic (exact) mass is 650 g/mol. The Labute approximate surface area is 266 Å². The van der Waals surface area contributed by atoms with E-state index >= 15 is 0 Å². The van der Waals surface area contributed by atoms with Crippen molar-refractivity contribution in [1.29, 1.82) is 0 Å². The molecule has 13 heteroatoms. The molecule has 1 fully saturated rings. The summed E-state index contributed by atoms with van der Waals surface area (Å²) < 4.78 is 56.2. The summed E-state index contributed by atoms with van der Waals surface area (Å²) in [5.74, 6) is -2.06. The number of H-pyrrole nitrogens is 1. The number of sulfonamides is 1. The highest BCUT2D eigenvalue weighted by atomic mass is 32.2. The van der Waals surface area contributed by atoms with Gasteiger partial charge < -0.3 is 20.2 Å². The Morgan fingerprint density at radius 3 is 2.41 bits per heavy atom. The van der Waals surface area contributed by atoms with Crippen molar-refractivity contribution in [1.82, 2.24) is 19.4 Å².